The second kappa shape index (κ2) is 5.92. The molecule has 1 aromatic heterocycles. The van der Waals surface area contributed by atoms with Crippen LogP contribution in [0.25, 0.3) is 0 Å². The Bertz CT molecular complexity index is 639. The summed E-state index contributed by atoms with van der Waals surface area (Å²) in [6.07, 6.45) is 0. The number of nitrogens with zero attached hydrogens (tertiary/aromatic N) is 2. The van der Waals surface area contributed by atoms with Gasteiger partial charge in [-0.2, -0.15) is 0 Å². The van der Waals surface area contributed by atoms with Crippen LogP contribution in [-0.4, -0.2) is 23.0 Å². The van der Waals surface area contributed by atoms with Gasteiger partial charge in [0, 0.05) is 22.0 Å². The number of esters is 1. The number of aryl methyl sites for hydroxylation is 2. The molecule has 0 amide bonds. The van der Waals surface area contributed by atoms with Crippen LogP contribution in [0.1, 0.15) is 21.7 Å². The van der Waals surface area contributed by atoms with Gasteiger partial charge >= 0.3 is 5.97 Å². The number of benzene rings is 1. The van der Waals surface area contributed by atoms with E-state index in [-0.39, 0.29) is 0 Å². The predicted octanol–water partition coefficient (Wildman–Crippen LogP) is 2.61. The number of rotatable bonds is 3. The fraction of sp³-hybridized carbons (Fsp3) is 0.214. The van der Waals surface area contributed by atoms with Crippen molar-refractivity contribution >= 4 is 23.4 Å². The Morgan fingerprint density at radius 3 is 2.45 bits per heavy atom. The first-order valence-electron chi connectivity index (χ1n) is 5.97. The summed E-state index contributed by atoms with van der Waals surface area (Å²) in [5, 5.41) is 0.595. The first-order chi connectivity index (χ1) is 9.49. The lowest BCUT2D eigenvalue weighted by atomic mass is 10.2. The van der Waals surface area contributed by atoms with E-state index in [4.69, 9.17) is 10.5 Å². The van der Waals surface area contributed by atoms with Crippen LogP contribution in [0.2, 0.25) is 0 Å². The van der Waals surface area contributed by atoms with Crippen molar-refractivity contribution < 1.29 is 9.53 Å². The number of anilines is 1. The predicted molar refractivity (Wildman–Crippen MR) is 77.8 cm³/mol. The molecule has 1 heterocycles. The van der Waals surface area contributed by atoms with E-state index < -0.39 is 5.97 Å². The maximum Gasteiger partial charge on any atom is 0.339 e. The van der Waals surface area contributed by atoms with Crippen LogP contribution in [0.5, 0.6) is 0 Å². The van der Waals surface area contributed by atoms with Crippen molar-refractivity contribution in [3.05, 3.63) is 41.2 Å². The number of methoxy groups -OCH3 is 1. The van der Waals surface area contributed by atoms with Crippen LogP contribution in [-0.2, 0) is 4.74 Å². The van der Waals surface area contributed by atoms with Gasteiger partial charge in [0.25, 0.3) is 0 Å². The molecule has 0 bridgehead atoms. The highest BCUT2D eigenvalue weighted by Gasteiger charge is 2.14. The van der Waals surface area contributed by atoms with E-state index in [1.165, 1.54) is 18.9 Å². The van der Waals surface area contributed by atoms with Gasteiger partial charge in [-0.05, 0) is 49.9 Å². The molecular weight excluding hydrogens is 274 g/mol. The molecule has 6 heteroatoms. The maximum atomic E-state index is 11.8. The second-order valence-electron chi connectivity index (χ2n) is 4.28. The zero-order chi connectivity index (χ0) is 14.7. The van der Waals surface area contributed by atoms with Crippen LogP contribution in [0.3, 0.4) is 0 Å². The Morgan fingerprint density at radius 1 is 1.20 bits per heavy atom. The smallest absolute Gasteiger partial charge is 0.339 e. The summed E-state index contributed by atoms with van der Waals surface area (Å²) < 4.78 is 4.77. The summed E-state index contributed by atoms with van der Waals surface area (Å²) >= 11 is 1.32. The van der Waals surface area contributed by atoms with Crippen LogP contribution in [0, 0.1) is 13.8 Å². The SMILES string of the molecule is COC(=O)c1cc(N)ccc1Sc1nc(C)cc(C)n1. The van der Waals surface area contributed by atoms with Crippen molar-refractivity contribution in [1.29, 1.82) is 0 Å². The second-order valence-corrected chi connectivity index (χ2v) is 5.29. The van der Waals surface area contributed by atoms with E-state index in [1.54, 1.807) is 18.2 Å². The quantitative estimate of drug-likeness (QED) is 0.531. The molecule has 20 heavy (non-hydrogen) atoms. The van der Waals surface area contributed by atoms with E-state index in [0.29, 0.717) is 16.4 Å². The lowest BCUT2D eigenvalue weighted by Crippen LogP contribution is -2.04. The molecule has 0 aliphatic carbocycles. The van der Waals surface area contributed by atoms with Gasteiger partial charge in [0.05, 0.1) is 12.7 Å². The van der Waals surface area contributed by atoms with Crippen LogP contribution in [0.4, 0.5) is 5.69 Å². The van der Waals surface area contributed by atoms with Crippen molar-refractivity contribution in [3.8, 4) is 0 Å². The van der Waals surface area contributed by atoms with Gasteiger partial charge in [0.15, 0.2) is 5.16 Å². The Kier molecular flexibility index (Phi) is 4.24. The highest BCUT2D eigenvalue weighted by Crippen LogP contribution is 2.30. The van der Waals surface area contributed by atoms with E-state index in [2.05, 4.69) is 9.97 Å². The molecule has 0 saturated heterocycles. The van der Waals surface area contributed by atoms with E-state index in [0.717, 1.165) is 16.3 Å². The molecule has 1 aromatic carbocycles. The van der Waals surface area contributed by atoms with Gasteiger partial charge in [-0.25, -0.2) is 14.8 Å². The summed E-state index contributed by atoms with van der Waals surface area (Å²) in [4.78, 5) is 21.2. The molecule has 0 aliphatic rings. The Hall–Kier alpha value is -2.08. The Labute approximate surface area is 121 Å². The largest absolute Gasteiger partial charge is 0.465 e. The molecule has 104 valence electrons. The molecule has 0 aliphatic heterocycles. The van der Waals surface area contributed by atoms with Gasteiger partial charge < -0.3 is 10.5 Å². The van der Waals surface area contributed by atoms with E-state index in [9.17, 15) is 4.79 Å². The van der Waals surface area contributed by atoms with Crippen LogP contribution >= 0.6 is 11.8 Å². The van der Waals surface area contributed by atoms with Crippen molar-refractivity contribution in [3.63, 3.8) is 0 Å². The number of hydrogen-bond acceptors (Lipinski definition) is 6. The minimum Gasteiger partial charge on any atom is -0.465 e. The number of carbonyl (C=O) groups excluding carboxylic acids is 1. The molecule has 0 fully saturated rings. The summed E-state index contributed by atoms with van der Waals surface area (Å²) in [6.45, 7) is 3.81. The van der Waals surface area contributed by atoms with E-state index in [1.807, 2.05) is 19.9 Å². The first kappa shape index (κ1) is 14.3. The van der Waals surface area contributed by atoms with E-state index >= 15 is 0 Å². The van der Waals surface area contributed by atoms with Gasteiger partial charge in [-0.3, -0.25) is 0 Å². The standard InChI is InChI=1S/C14H15N3O2S/c1-8-6-9(2)17-14(16-8)20-12-5-4-10(15)7-11(12)13(18)19-3/h4-7H,15H2,1-3H3. The van der Waals surface area contributed by atoms with Gasteiger partial charge in [0.1, 0.15) is 0 Å². The summed E-state index contributed by atoms with van der Waals surface area (Å²) in [5.74, 6) is -0.427. The molecule has 0 atom stereocenters. The molecule has 5 nitrogen and oxygen atoms in total. The number of nitrogen functional groups attached to an aromatic ring is 1. The highest BCUT2D eigenvalue weighted by atomic mass is 32.2. The van der Waals surface area contributed by atoms with Gasteiger partial charge in [-0.1, -0.05) is 0 Å². The van der Waals surface area contributed by atoms with Crippen molar-refractivity contribution in [2.45, 2.75) is 23.9 Å². The average Bonchev–Trinajstić information content (AvgIpc) is 2.38. The Morgan fingerprint density at radius 2 is 1.85 bits per heavy atom. The molecule has 2 N–H and O–H groups in total. The average molecular weight is 289 g/mol. The number of hydrogen-bond donors (Lipinski definition) is 1. The van der Waals surface area contributed by atoms with Crippen LogP contribution in [0.15, 0.2) is 34.3 Å². The maximum absolute atomic E-state index is 11.8. The summed E-state index contributed by atoms with van der Waals surface area (Å²) in [6, 6.07) is 7.00. The number of nitrogens with two attached hydrogens (primary N) is 1. The van der Waals surface area contributed by atoms with Crippen molar-refractivity contribution in [2.24, 2.45) is 0 Å². The van der Waals surface area contributed by atoms with Crippen LogP contribution < -0.4 is 5.73 Å². The minimum atomic E-state index is -0.427. The third-order valence-electron chi connectivity index (χ3n) is 2.57. The fourth-order valence-electron chi connectivity index (χ4n) is 1.74. The molecular formula is C14H15N3O2S. The molecule has 2 aromatic rings. The molecule has 0 radical (unpaired) electrons. The summed E-state index contributed by atoms with van der Waals surface area (Å²) in [7, 11) is 1.34. The van der Waals surface area contributed by atoms with Gasteiger partial charge in [0.2, 0.25) is 0 Å². The molecule has 0 unspecified atom stereocenters. The third-order valence-corrected chi connectivity index (χ3v) is 3.51. The topological polar surface area (TPSA) is 78.1 Å². The fourth-order valence-corrected chi connectivity index (χ4v) is 2.71. The lowest BCUT2D eigenvalue weighted by Gasteiger charge is -2.08. The molecule has 0 saturated carbocycles. The Balaban J connectivity index is 2.40. The zero-order valence-corrected chi connectivity index (χ0v) is 12.3. The highest BCUT2D eigenvalue weighted by molar-refractivity contribution is 7.99. The minimum absolute atomic E-state index is 0.417. The molecule has 2 rings (SSSR count). The normalized spacial score (nSPS) is 10.3. The lowest BCUT2D eigenvalue weighted by molar-refractivity contribution is 0.0597. The first-order valence-corrected chi connectivity index (χ1v) is 6.79. The van der Waals surface area contributed by atoms with Crippen molar-refractivity contribution in [2.75, 3.05) is 12.8 Å². The zero-order valence-electron chi connectivity index (χ0n) is 11.5. The van der Waals surface area contributed by atoms with Crippen molar-refractivity contribution in [1.82, 2.24) is 9.97 Å². The molecule has 0 spiro atoms. The number of ether oxygens (including phenoxy) is 1. The summed E-state index contributed by atoms with van der Waals surface area (Å²) in [5.41, 5.74) is 8.41. The van der Waals surface area contributed by atoms with Gasteiger partial charge in [-0.15, -0.1) is 0 Å². The number of aromatic nitrogens is 2. The number of carbonyl (C=O) groups is 1. The monoisotopic (exact) mass is 289 g/mol. The third kappa shape index (κ3) is 3.27.